The third-order valence-corrected chi connectivity index (χ3v) is 4.52. The van der Waals surface area contributed by atoms with E-state index in [4.69, 9.17) is 4.98 Å². The van der Waals surface area contributed by atoms with Gasteiger partial charge in [0.05, 0.1) is 0 Å². The van der Waals surface area contributed by atoms with Gasteiger partial charge in [-0.2, -0.15) is 0 Å². The maximum absolute atomic E-state index is 4.81. The molecule has 1 unspecified atom stereocenters. The van der Waals surface area contributed by atoms with Crippen LogP contribution in [0, 0.1) is 0 Å². The molecular formula is C16H27N5. The van der Waals surface area contributed by atoms with Crippen molar-refractivity contribution in [2.24, 2.45) is 0 Å². The molecule has 1 aromatic heterocycles. The highest BCUT2D eigenvalue weighted by molar-refractivity contribution is 5.50. The Bertz CT molecular complexity index is 488. The Morgan fingerprint density at radius 2 is 2.14 bits per heavy atom. The first-order valence-electron chi connectivity index (χ1n) is 8.29. The quantitative estimate of drug-likeness (QED) is 0.921. The first kappa shape index (κ1) is 14.6. The zero-order chi connectivity index (χ0) is 14.8. The summed E-state index contributed by atoms with van der Waals surface area (Å²) in [5, 5.41) is 3.34. The van der Waals surface area contributed by atoms with Crippen LogP contribution in [0.4, 0.5) is 11.6 Å². The lowest BCUT2D eigenvalue weighted by Crippen LogP contribution is -2.50. The van der Waals surface area contributed by atoms with Crippen molar-refractivity contribution in [1.82, 2.24) is 14.9 Å². The first-order chi connectivity index (χ1) is 10.2. The van der Waals surface area contributed by atoms with Crippen LogP contribution < -0.4 is 10.2 Å². The molecule has 116 valence electrons. The van der Waals surface area contributed by atoms with E-state index in [0.29, 0.717) is 5.92 Å². The topological polar surface area (TPSA) is 44.3 Å². The van der Waals surface area contributed by atoms with Crippen LogP contribution in [0.3, 0.4) is 0 Å². The lowest BCUT2D eigenvalue weighted by molar-refractivity contribution is 0.230. The Morgan fingerprint density at radius 1 is 1.29 bits per heavy atom. The van der Waals surface area contributed by atoms with Crippen molar-refractivity contribution in [3.63, 3.8) is 0 Å². The average molecular weight is 289 g/mol. The molecule has 3 heterocycles. The van der Waals surface area contributed by atoms with E-state index in [2.05, 4.69) is 46.9 Å². The van der Waals surface area contributed by atoms with Crippen molar-refractivity contribution in [1.29, 1.82) is 0 Å². The minimum absolute atomic E-state index is 0.357. The summed E-state index contributed by atoms with van der Waals surface area (Å²) in [6.45, 7) is 12.0. The standard InChI is InChI=1S/C16H27N5/c1-4-17-14-10-15(19-16(18-14)12(2)3)21-9-8-20-7-5-6-13(20)11-21/h10,12-13H,4-9,11H2,1-3H3,(H,17,18,19). The largest absolute Gasteiger partial charge is 0.370 e. The predicted molar refractivity (Wildman–Crippen MR) is 87.1 cm³/mol. The molecular weight excluding hydrogens is 262 g/mol. The highest BCUT2D eigenvalue weighted by Crippen LogP contribution is 2.26. The molecule has 5 nitrogen and oxygen atoms in total. The summed E-state index contributed by atoms with van der Waals surface area (Å²) in [7, 11) is 0. The molecule has 0 aromatic carbocycles. The maximum atomic E-state index is 4.81. The van der Waals surface area contributed by atoms with Gasteiger partial charge in [-0.15, -0.1) is 0 Å². The third kappa shape index (κ3) is 3.12. The van der Waals surface area contributed by atoms with Crippen molar-refractivity contribution in [2.45, 2.75) is 45.6 Å². The van der Waals surface area contributed by atoms with Crippen LogP contribution in [0.2, 0.25) is 0 Å². The number of anilines is 2. The minimum Gasteiger partial charge on any atom is -0.370 e. The zero-order valence-corrected chi connectivity index (χ0v) is 13.5. The van der Waals surface area contributed by atoms with Gasteiger partial charge in [-0.3, -0.25) is 4.90 Å². The fourth-order valence-corrected chi connectivity index (χ4v) is 3.34. The van der Waals surface area contributed by atoms with Gasteiger partial charge in [0.15, 0.2) is 0 Å². The van der Waals surface area contributed by atoms with Gasteiger partial charge in [0, 0.05) is 44.2 Å². The molecule has 0 spiro atoms. The first-order valence-corrected chi connectivity index (χ1v) is 8.29. The summed E-state index contributed by atoms with van der Waals surface area (Å²) in [6, 6.07) is 2.83. The number of nitrogens with one attached hydrogen (secondary N) is 1. The van der Waals surface area contributed by atoms with Crippen LogP contribution in [-0.2, 0) is 0 Å². The van der Waals surface area contributed by atoms with Gasteiger partial charge >= 0.3 is 0 Å². The summed E-state index contributed by atoms with van der Waals surface area (Å²) >= 11 is 0. The lowest BCUT2D eigenvalue weighted by atomic mass is 10.1. The van der Waals surface area contributed by atoms with E-state index in [9.17, 15) is 0 Å². The van der Waals surface area contributed by atoms with E-state index in [-0.39, 0.29) is 0 Å². The number of nitrogens with zero attached hydrogens (tertiary/aromatic N) is 4. The van der Waals surface area contributed by atoms with E-state index in [1.165, 1.54) is 25.9 Å². The average Bonchev–Trinajstić information content (AvgIpc) is 2.94. The van der Waals surface area contributed by atoms with Gasteiger partial charge in [0.2, 0.25) is 0 Å². The second-order valence-corrected chi connectivity index (χ2v) is 6.43. The number of aromatic nitrogens is 2. The van der Waals surface area contributed by atoms with E-state index >= 15 is 0 Å². The normalized spacial score (nSPS) is 22.7. The highest BCUT2D eigenvalue weighted by atomic mass is 15.3. The van der Waals surface area contributed by atoms with Crippen LogP contribution in [-0.4, -0.2) is 53.6 Å². The van der Waals surface area contributed by atoms with Gasteiger partial charge in [-0.05, 0) is 26.3 Å². The van der Waals surface area contributed by atoms with E-state index < -0.39 is 0 Å². The van der Waals surface area contributed by atoms with Crippen LogP contribution in [0.15, 0.2) is 6.07 Å². The van der Waals surface area contributed by atoms with Crippen molar-refractivity contribution >= 4 is 11.6 Å². The summed E-state index contributed by atoms with van der Waals surface area (Å²) in [5.41, 5.74) is 0. The Morgan fingerprint density at radius 3 is 2.90 bits per heavy atom. The monoisotopic (exact) mass is 289 g/mol. The summed E-state index contributed by atoms with van der Waals surface area (Å²) < 4.78 is 0. The lowest BCUT2D eigenvalue weighted by Gasteiger charge is -2.38. The molecule has 0 aliphatic carbocycles. The molecule has 21 heavy (non-hydrogen) atoms. The zero-order valence-electron chi connectivity index (χ0n) is 13.5. The van der Waals surface area contributed by atoms with Gasteiger partial charge in [0.1, 0.15) is 17.5 Å². The SMILES string of the molecule is CCNc1cc(N2CCN3CCCC3C2)nc(C(C)C)n1. The van der Waals surface area contributed by atoms with E-state index in [1.54, 1.807) is 0 Å². The summed E-state index contributed by atoms with van der Waals surface area (Å²) in [5.74, 6) is 3.35. The second-order valence-electron chi connectivity index (χ2n) is 6.43. The molecule has 3 rings (SSSR count). The third-order valence-electron chi connectivity index (χ3n) is 4.52. The Kier molecular flexibility index (Phi) is 4.29. The Hall–Kier alpha value is -1.36. The molecule has 0 saturated carbocycles. The summed E-state index contributed by atoms with van der Waals surface area (Å²) in [4.78, 5) is 14.5. The maximum Gasteiger partial charge on any atom is 0.135 e. The van der Waals surface area contributed by atoms with Gasteiger partial charge in [-0.25, -0.2) is 9.97 Å². The number of fused-ring (bicyclic) bond motifs is 1. The van der Waals surface area contributed by atoms with Crippen molar-refractivity contribution in [3.8, 4) is 0 Å². The fourth-order valence-electron chi connectivity index (χ4n) is 3.34. The number of hydrogen-bond donors (Lipinski definition) is 1. The number of hydrogen-bond acceptors (Lipinski definition) is 5. The van der Waals surface area contributed by atoms with Crippen LogP contribution in [0.25, 0.3) is 0 Å². The molecule has 1 atom stereocenters. The van der Waals surface area contributed by atoms with Crippen LogP contribution >= 0.6 is 0 Å². The van der Waals surface area contributed by atoms with E-state index in [1.807, 2.05) is 0 Å². The smallest absolute Gasteiger partial charge is 0.135 e. The van der Waals surface area contributed by atoms with E-state index in [0.717, 1.165) is 43.1 Å². The van der Waals surface area contributed by atoms with Crippen molar-refractivity contribution in [3.05, 3.63) is 11.9 Å². The van der Waals surface area contributed by atoms with Crippen LogP contribution in [0.5, 0.6) is 0 Å². The molecule has 2 saturated heterocycles. The molecule has 2 aliphatic rings. The molecule has 0 radical (unpaired) electrons. The van der Waals surface area contributed by atoms with Crippen molar-refractivity contribution in [2.75, 3.05) is 42.9 Å². The van der Waals surface area contributed by atoms with Gasteiger partial charge < -0.3 is 10.2 Å². The number of rotatable bonds is 4. The second kappa shape index (κ2) is 6.18. The molecule has 2 fully saturated rings. The van der Waals surface area contributed by atoms with Crippen LogP contribution in [0.1, 0.15) is 45.4 Å². The van der Waals surface area contributed by atoms with Gasteiger partial charge in [-0.1, -0.05) is 13.8 Å². The predicted octanol–water partition coefficient (Wildman–Crippen LogP) is 2.32. The van der Waals surface area contributed by atoms with Crippen molar-refractivity contribution < 1.29 is 0 Å². The minimum atomic E-state index is 0.357. The Balaban J connectivity index is 1.83. The molecule has 1 N–H and O–H groups in total. The fraction of sp³-hybridized carbons (Fsp3) is 0.750. The van der Waals surface area contributed by atoms with Gasteiger partial charge in [0.25, 0.3) is 0 Å². The molecule has 0 amide bonds. The molecule has 0 bridgehead atoms. The number of piperazine rings is 1. The highest BCUT2D eigenvalue weighted by Gasteiger charge is 2.31. The molecule has 5 heteroatoms. The molecule has 1 aromatic rings. The summed E-state index contributed by atoms with van der Waals surface area (Å²) in [6.07, 6.45) is 2.68. The molecule has 2 aliphatic heterocycles. The Labute approximate surface area is 127 Å².